The molecule has 0 fully saturated rings. The molecule has 5 heteroatoms. The summed E-state index contributed by atoms with van der Waals surface area (Å²) < 4.78 is 5.52. The van der Waals surface area contributed by atoms with E-state index in [1.807, 2.05) is 31.3 Å². The minimum Gasteiger partial charge on any atom is -0.494 e. The fourth-order valence-electron chi connectivity index (χ4n) is 1.70. The van der Waals surface area contributed by atoms with E-state index < -0.39 is 6.10 Å². The van der Waals surface area contributed by atoms with E-state index in [0.717, 1.165) is 12.1 Å². The fourth-order valence-corrected chi connectivity index (χ4v) is 1.70. The molecular formula is C14H22N2O3. The maximum Gasteiger partial charge on any atom is 0.217 e. The monoisotopic (exact) mass is 266 g/mol. The molecule has 1 atom stereocenters. The van der Waals surface area contributed by atoms with E-state index in [4.69, 9.17) is 10.5 Å². The zero-order valence-corrected chi connectivity index (χ0v) is 11.3. The van der Waals surface area contributed by atoms with Gasteiger partial charge in [-0.25, -0.2) is 0 Å². The molecule has 19 heavy (non-hydrogen) atoms. The van der Waals surface area contributed by atoms with E-state index in [0.29, 0.717) is 31.6 Å². The van der Waals surface area contributed by atoms with Crippen molar-refractivity contribution in [3.8, 4) is 5.75 Å². The molecule has 1 unspecified atom stereocenters. The molecule has 4 N–H and O–H groups in total. The molecule has 1 aromatic rings. The number of amides is 1. The predicted octanol–water partition coefficient (Wildman–Crippen LogP) is 0.974. The Kier molecular flexibility index (Phi) is 6.92. The van der Waals surface area contributed by atoms with E-state index >= 15 is 0 Å². The van der Waals surface area contributed by atoms with Crippen LogP contribution in [-0.2, 0) is 4.79 Å². The maximum absolute atomic E-state index is 10.6. The van der Waals surface area contributed by atoms with Crippen molar-refractivity contribution in [3.05, 3.63) is 29.8 Å². The van der Waals surface area contributed by atoms with Crippen molar-refractivity contribution in [2.24, 2.45) is 5.73 Å². The molecule has 0 radical (unpaired) electrons. The second-order valence-corrected chi connectivity index (χ2v) is 4.40. The molecule has 0 aliphatic rings. The average molecular weight is 266 g/mol. The number of rotatable bonds is 9. The SMILES string of the molecule is CNCCC(O)c1cccc(OCCCC(N)=O)c1. The maximum atomic E-state index is 10.6. The normalized spacial score (nSPS) is 12.1. The molecule has 1 amide bonds. The van der Waals surface area contributed by atoms with Crippen LogP contribution >= 0.6 is 0 Å². The van der Waals surface area contributed by atoms with Crippen LogP contribution in [0.1, 0.15) is 30.9 Å². The summed E-state index contributed by atoms with van der Waals surface area (Å²) in [6, 6.07) is 7.38. The summed E-state index contributed by atoms with van der Waals surface area (Å²) in [7, 11) is 1.85. The second-order valence-electron chi connectivity index (χ2n) is 4.40. The molecule has 0 aliphatic heterocycles. The van der Waals surface area contributed by atoms with Crippen molar-refractivity contribution < 1.29 is 14.6 Å². The van der Waals surface area contributed by atoms with E-state index in [1.54, 1.807) is 0 Å². The van der Waals surface area contributed by atoms with Crippen LogP contribution in [0.25, 0.3) is 0 Å². The van der Waals surface area contributed by atoms with Crippen molar-refractivity contribution in [1.82, 2.24) is 5.32 Å². The average Bonchev–Trinajstić information content (AvgIpc) is 2.41. The Morgan fingerprint density at radius 2 is 2.32 bits per heavy atom. The molecule has 0 saturated heterocycles. The molecular weight excluding hydrogens is 244 g/mol. The minimum atomic E-state index is -0.499. The first kappa shape index (κ1) is 15.5. The number of hydrogen-bond acceptors (Lipinski definition) is 4. The Bertz CT molecular complexity index is 396. The molecule has 5 nitrogen and oxygen atoms in total. The van der Waals surface area contributed by atoms with Gasteiger partial charge in [-0.1, -0.05) is 12.1 Å². The molecule has 1 aromatic carbocycles. The highest BCUT2D eigenvalue weighted by Crippen LogP contribution is 2.21. The van der Waals surface area contributed by atoms with Gasteiger partial charge in [0.25, 0.3) is 0 Å². The fraction of sp³-hybridized carbons (Fsp3) is 0.500. The summed E-state index contributed by atoms with van der Waals surface area (Å²) in [5.74, 6) is 0.380. The number of aliphatic hydroxyl groups excluding tert-OH is 1. The van der Waals surface area contributed by atoms with E-state index in [2.05, 4.69) is 5.32 Å². The Hall–Kier alpha value is -1.59. The van der Waals surface area contributed by atoms with Crippen LogP contribution in [0.5, 0.6) is 5.75 Å². The number of primary amides is 1. The number of nitrogens with one attached hydrogen (secondary N) is 1. The molecule has 0 heterocycles. The topological polar surface area (TPSA) is 84.6 Å². The van der Waals surface area contributed by atoms with Crippen molar-refractivity contribution in [1.29, 1.82) is 0 Å². The number of hydrogen-bond donors (Lipinski definition) is 3. The van der Waals surface area contributed by atoms with Gasteiger partial charge in [-0.2, -0.15) is 0 Å². The minimum absolute atomic E-state index is 0.320. The highest BCUT2D eigenvalue weighted by Gasteiger charge is 2.07. The first-order valence-corrected chi connectivity index (χ1v) is 6.47. The van der Waals surface area contributed by atoms with Crippen LogP contribution < -0.4 is 15.8 Å². The summed E-state index contributed by atoms with van der Waals surface area (Å²) in [6.45, 7) is 1.20. The number of aliphatic hydroxyl groups is 1. The molecule has 0 aliphatic carbocycles. The standard InChI is InChI=1S/C14H22N2O3/c1-16-8-7-13(17)11-4-2-5-12(10-11)19-9-3-6-14(15)18/h2,4-5,10,13,16-17H,3,6-9H2,1H3,(H2,15,18). The Balaban J connectivity index is 2.45. The van der Waals surface area contributed by atoms with Crippen LogP contribution in [0.4, 0.5) is 0 Å². The number of ether oxygens (including phenoxy) is 1. The van der Waals surface area contributed by atoms with Crippen molar-refractivity contribution in [3.63, 3.8) is 0 Å². The molecule has 106 valence electrons. The summed E-state index contributed by atoms with van der Waals surface area (Å²) in [4.78, 5) is 10.6. The largest absolute Gasteiger partial charge is 0.494 e. The first-order chi connectivity index (χ1) is 9.13. The Labute approximate surface area is 113 Å². The van der Waals surface area contributed by atoms with Crippen LogP contribution in [0, 0.1) is 0 Å². The van der Waals surface area contributed by atoms with Gasteiger partial charge in [-0.3, -0.25) is 4.79 Å². The van der Waals surface area contributed by atoms with Gasteiger partial charge < -0.3 is 20.9 Å². The first-order valence-electron chi connectivity index (χ1n) is 6.47. The third-order valence-corrected chi connectivity index (χ3v) is 2.75. The van der Waals surface area contributed by atoms with Gasteiger partial charge in [0.05, 0.1) is 12.7 Å². The van der Waals surface area contributed by atoms with Crippen molar-refractivity contribution in [2.45, 2.75) is 25.4 Å². The zero-order chi connectivity index (χ0) is 14.1. The zero-order valence-electron chi connectivity index (χ0n) is 11.3. The number of carbonyl (C=O) groups is 1. The number of benzene rings is 1. The van der Waals surface area contributed by atoms with Gasteiger partial charge in [0.1, 0.15) is 5.75 Å². The van der Waals surface area contributed by atoms with E-state index in [1.165, 1.54) is 0 Å². The highest BCUT2D eigenvalue weighted by molar-refractivity contribution is 5.73. The predicted molar refractivity (Wildman–Crippen MR) is 73.9 cm³/mol. The van der Waals surface area contributed by atoms with Crippen molar-refractivity contribution >= 4 is 5.91 Å². The van der Waals surface area contributed by atoms with Crippen LogP contribution in [0.2, 0.25) is 0 Å². The third kappa shape index (κ3) is 6.22. The lowest BCUT2D eigenvalue weighted by Crippen LogP contribution is -2.12. The summed E-state index contributed by atoms with van der Waals surface area (Å²) in [5.41, 5.74) is 5.88. The van der Waals surface area contributed by atoms with Crippen LogP contribution in [0.15, 0.2) is 24.3 Å². The molecule has 0 bridgehead atoms. The van der Waals surface area contributed by atoms with Gasteiger partial charge in [0.2, 0.25) is 5.91 Å². The summed E-state index contributed by atoms with van der Waals surface area (Å²) >= 11 is 0. The van der Waals surface area contributed by atoms with E-state index in [9.17, 15) is 9.90 Å². The Morgan fingerprint density at radius 3 is 3.00 bits per heavy atom. The number of carbonyl (C=O) groups excluding carboxylic acids is 1. The highest BCUT2D eigenvalue weighted by atomic mass is 16.5. The van der Waals surface area contributed by atoms with Crippen LogP contribution in [-0.4, -0.2) is 31.2 Å². The molecule has 0 saturated carbocycles. The van der Waals surface area contributed by atoms with Gasteiger partial charge >= 0.3 is 0 Å². The smallest absolute Gasteiger partial charge is 0.217 e. The molecule has 0 spiro atoms. The molecule has 0 aromatic heterocycles. The van der Waals surface area contributed by atoms with Gasteiger partial charge in [0.15, 0.2) is 0 Å². The lowest BCUT2D eigenvalue weighted by molar-refractivity contribution is -0.118. The lowest BCUT2D eigenvalue weighted by Gasteiger charge is -2.12. The lowest BCUT2D eigenvalue weighted by atomic mass is 10.1. The summed E-state index contributed by atoms with van der Waals surface area (Å²) in [5, 5.41) is 13.0. The van der Waals surface area contributed by atoms with Gasteiger partial charge in [0, 0.05) is 6.42 Å². The van der Waals surface area contributed by atoms with Gasteiger partial charge in [-0.15, -0.1) is 0 Å². The number of nitrogens with two attached hydrogens (primary N) is 1. The van der Waals surface area contributed by atoms with Gasteiger partial charge in [-0.05, 0) is 44.1 Å². The van der Waals surface area contributed by atoms with E-state index in [-0.39, 0.29) is 5.91 Å². The summed E-state index contributed by atoms with van der Waals surface area (Å²) in [6.07, 6.45) is 1.08. The third-order valence-electron chi connectivity index (χ3n) is 2.75. The van der Waals surface area contributed by atoms with Crippen LogP contribution in [0.3, 0.4) is 0 Å². The molecule has 1 rings (SSSR count). The second kappa shape index (κ2) is 8.50. The Morgan fingerprint density at radius 1 is 1.53 bits per heavy atom. The quantitative estimate of drug-likeness (QED) is 0.582. The van der Waals surface area contributed by atoms with Crippen molar-refractivity contribution in [2.75, 3.05) is 20.2 Å².